The molecule has 0 saturated carbocycles. The van der Waals surface area contributed by atoms with Crippen LogP contribution < -0.4 is 4.90 Å². The van der Waals surface area contributed by atoms with E-state index in [0.717, 1.165) is 16.0 Å². The quantitative estimate of drug-likeness (QED) is 0.590. The summed E-state index contributed by atoms with van der Waals surface area (Å²) in [5, 5.41) is 12.8. The van der Waals surface area contributed by atoms with Gasteiger partial charge in [0, 0.05) is 36.8 Å². The van der Waals surface area contributed by atoms with E-state index in [1.807, 2.05) is 36.2 Å². The van der Waals surface area contributed by atoms with Gasteiger partial charge in [0.25, 0.3) is 0 Å². The molecule has 8 nitrogen and oxygen atoms in total. The van der Waals surface area contributed by atoms with Crippen molar-refractivity contribution in [2.24, 2.45) is 0 Å². The molecule has 1 fully saturated rings. The lowest BCUT2D eigenvalue weighted by atomic mass is 10.3. The largest absolute Gasteiger partial charge is 0.352 e. The van der Waals surface area contributed by atoms with Crippen molar-refractivity contribution in [2.45, 2.75) is 11.8 Å². The predicted molar refractivity (Wildman–Crippen MR) is 109 cm³/mol. The molecule has 0 radical (unpaired) electrons. The first kappa shape index (κ1) is 19.0. The minimum Gasteiger partial charge on any atom is -0.352 e. The molecule has 1 aromatic carbocycles. The molecule has 0 aliphatic carbocycles. The van der Waals surface area contributed by atoms with E-state index >= 15 is 0 Å². The third-order valence-electron chi connectivity index (χ3n) is 4.61. The Bertz CT molecular complexity index is 1060. The summed E-state index contributed by atoms with van der Waals surface area (Å²) in [5.74, 6) is 1.38. The van der Waals surface area contributed by atoms with Crippen LogP contribution in [0.2, 0.25) is 0 Å². The fourth-order valence-electron chi connectivity index (χ4n) is 3.06. The maximum absolute atomic E-state index is 12.8. The van der Waals surface area contributed by atoms with Crippen LogP contribution in [0.15, 0.2) is 58.0 Å². The zero-order chi connectivity index (χ0) is 19.7. The summed E-state index contributed by atoms with van der Waals surface area (Å²) in [6.45, 7) is 3.84. The first-order chi connectivity index (χ1) is 13.4. The lowest BCUT2D eigenvalue weighted by Gasteiger charge is -2.34. The van der Waals surface area contributed by atoms with Crippen molar-refractivity contribution in [3.8, 4) is 5.82 Å². The lowest BCUT2D eigenvalue weighted by molar-refractivity contribution is 0.383. The summed E-state index contributed by atoms with van der Waals surface area (Å²) in [6, 6.07) is 12.4. The minimum absolute atomic E-state index is 0.308. The van der Waals surface area contributed by atoms with Crippen molar-refractivity contribution in [1.29, 1.82) is 0 Å². The van der Waals surface area contributed by atoms with Gasteiger partial charge in [0.15, 0.2) is 11.6 Å². The number of hydrogen-bond donors (Lipinski definition) is 0. The van der Waals surface area contributed by atoms with Gasteiger partial charge >= 0.3 is 0 Å². The molecule has 1 aliphatic rings. The molecule has 4 rings (SSSR count). The third-order valence-corrected chi connectivity index (χ3v) is 7.05. The second-order valence-electron chi connectivity index (χ2n) is 6.50. The normalized spacial score (nSPS) is 15.7. The van der Waals surface area contributed by atoms with Crippen LogP contribution in [0.5, 0.6) is 0 Å². The summed E-state index contributed by atoms with van der Waals surface area (Å²) in [4.78, 5) is 2.35. The van der Waals surface area contributed by atoms with E-state index in [1.54, 1.807) is 28.9 Å². The van der Waals surface area contributed by atoms with Crippen LogP contribution in [-0.2, 0) is 10.0 Å². The number of aryl methyl sites for hydroxylation is 1. The number of hydrogen-bond acceptors (Lipinski definition) is 6. The smallest absolute Gasteiger partial charge is 0.243 e. The second kappa shape index (κ2) is 7.61. The molecule has 0 bridgehead atoms. The molecule has 1 aliphatic heterocycles. The Kier molecular flexibility index (Phi) is 5.17. The van der Waals surface area contributed by atoms with Crippen molar-refractivity contribution >= 4 is 31.8 Å². The maximum atomic E-state index is 12.8. The summed E-state index contributed by atoms with van der Waals surface area (Å²) in [6.07, 6.45) is 1.84. The topological polar surface area (TPSA) is 84.2 Å². The molecule has 0 unspecified atom stereocenters. The van der Waals surface area contributed by atoms with E-state index in [4.69, 9.17) is 0 Å². The number of sulfonamides is 1. The standard InChI is InChI=1S/C18H19BrN6O2S/c1-14-8-9-25(22-14)18-7-6-17(20-21-18)23-10-12-24(13-11-23)28(26,27)16-4-2-15(19)3-5-16/h2-9H,10-13H2,1H3. The van der Waals surface area contributed by atoms with Crippen LogP contribution in [0.4, 0.5) is 5.82 Å². The molecule has 1 saturated heterocycles. The van der Waals surface area contributed by atoms with E-state index in [1.165, 1.54) is 4.31 Å². The van der Waals surface area contributed by atoms with Crippen molar-refractivity contribution in [1.82, 2.24) is 24.3 Å². The lowest BCUT2D eigenvalue weighted by Crippen LogP contribution is -2.49. The van der Waals surface area contributed by atoms with Gasteiger partial charge in [0.05, 0.1) is 10.6 Å². The van der Waals surface area contributed by atoms with Crippen molar-refractivity contribution < 1.29 is 8.42 Å². The Labute approximate surface area is 172 Å². The van der Waals surface area contributed by atoms with Gasteiger partial charge in [-0.2, -0.15) is 9.40 Å². The molecule has 2 aromatic heterocycles. The molecule has 0 amide bonds. The highest BCUT2D eigenvalue weighted by atomic mass is 79.9. The van der Waals surface area contributed by atoms with Gasteiger partial charge in [-0.15, -0.1) is 10.2 Å². The molecular weight excluding hydrogens is 444 g/mol. The van der Waals surface area contributed by atoms with E-state index in [9.17, 15) is 8.42 Å². The molecule has 3 heterocycles. The van der Waals surface area contributed by atoms with Crippen LogP contribution >= 0.6 is 15.9 Å². The van der Waals surface area contributed by atoms with Crippen molar-refractivity contribution in [2.75, 3.05) is 31.1 Å². The van der Waals surface area contributed by atoms with E-state index in [-0.39, 0.29) is 0 Å². The van der Waals surface area contributed by atoms with Gasteiger partial charge in [-0.05, 0) is 49.4 Å². The van der Waals surface area contributed by atoms with E-state index < -0.39 is 10.0 Å². The van der Waals surface area contributed by atoms with Gasteiger partial charge in [-0.3, -0.25) is 0 Å². The van der Waals surface area contributed by atoms with Gasteiger partial charge in [-0.1, -0.05) is 15.9 Å². The van der Waals surface area contributed by atoms with E-state index in [0.29, 0.717) is 36.9 Å². The molecule has 3 aromatic rings. The second-order valence-corrected chi connectivity index (χ2v) is 9.35. The van der Waals surface area contributed by atoms with Gasteiger partial charge in [-0.25, -0.2) is 13.1 Å². The minimum atomic E-state index is -3.49. The summed E-state index contributed by atoms with van der Waals surface area (Å²) >= 11 is 3.33. The monoisotopic (exact) mass is 462 g/mol. The molecule has 146 valence electrons. The summed E-state index contributed by atoms with van der Waals surface area (Å²) in [7, 11) is -3.49. The fourth-order valence-corrected chi connectivity index (χ4v) is 4.75. The third kappa shape index (κ3) is 3.80. The maximum Gasteiger partial charge on any atom is 0.243 e. The van der Waals surface area contributed by atoms with Crippen LogP contribution in [0, 0.1) is 6.92 Å². The first-order valence-corrected chi connectivity index (χ1v) is 11.0. The fraction of sp³-hybridized carbons (Fsp3) is 0.278. The SMILES string of the molecule is Cc1ccn(-c2ccc(N3CCN(S(=O)(=O)c4ccc(Br)cc4)CC3)nn2)n1. The Hall–Kier alpha value is -2.30. The number of halogens is 1. The molecule has 0 atom stereocenters. The average Bonchev–Trinajstić information content (AvgIpc) is 3.15. The Balaban J connectivity index is 1.43. The molecule has 10 heteroatoms. The van der Waals surface area contributed by atoms with Gasteiger partial charge < -0.3 is 4.90 Å². The Morgan fingerprint density at radius 3 is 2.11 bits per heavy atom. The van der Waals surface area contributed by atoms with Crippen LogP contribution in [0.3, 0.4) is 0 Å². The predicted octanol–water partition coefficient (Wildman–Crippen LogP) is 2.24. The molecule has 28 heavy (non-hydrogen) atoms. The van der Waals surface area contributed by atoms with Crippen LogP contribution in [0.1, 0.15) is 5.69 Å². The highest BCUT2D eigenvalue weighted by molar-refractivity contribution is 9.10. The van der Waals surface area contributed by atoms with Crippen LogP contribution in [-0.4, -0.2) is 58.9 Å². The van der Waals surface area contributed by atoms with Gasteiger partial charge in [0.1, 0.15) is 0 Å². The van der Waals surface area contributed by atoms with Crippen LogP contribution in [0.25, 0.3) is 5.82 Å². The number of rotatable bonds is 4. The van der Waals surface area contributed by atoms with Crippen molar-refractivity contribution in [3.05, 3.63) is 58.8 Å². The van der Waals surface area contributed by atoms with Crippen molar-refractivity contribution in [3.63, 3.8) is 0 Å². The number of aromatic nitrogens is 4. The zero-order valence-electron chi connectivity index (χ0n) is 15.2. The molecule has 0 spiro atoms. The number of nitrogens with zero attached hydrogens (tertiary/aromatic N) is 6. The summed E-state index contributed by atoms with van der Waals surface area (Å²) in [5.41, 5.74) is 0.911. The van der Waals surface area contributed by atoms with Gasteiger partial charge in [0.2, 0.25) is 10.0 Å². The molecule has 0 N–H and O–H groups in total. The average molecular weight is 463 g/mol. The highest BCUT2D eigenvalue weighted by Gasteiger charge is 2.29. The zero-order valence-corrected chi connectivity index (χ0v) is 17.6. The Morgan fingerprint density at radius 2 is 1.54 bits per heavy atom. The molecular formula is C18H19BrN6O2S. The Morgan fingerprint density at radius 1 is 0.893 bits per heavy atom. The number of anilines is 1. The number of piperazine rings is 1. The first-order valence-electron chi connectivity index (χ1n) is 8.80. The summed E-state index contributed by atoms with van der Waals surface area (Å²) < 4.78 is 29.6. The number of benzene rings is 1. The highest BCUT2D eigenvalue weighted by Crippen LogP contribution is 2.21. The van der Waals surface area contributed by atoms with E-state index in [2.05, 4.69) is 31.2 Å².